The quantitative estimate of drug-likeness (QED) is 0.499. The zero-order valence-electron chi connectivity index (χ0n) is 20.2. The van der Waals surface area contributed by atoms with Gasteiger partial charge in [0.25, 0.3) is 0 Å². The number of rotatable bonds is 12. The second kappa shape index (κ2) is 11.5. The van der Waals surface area contributed by atoms with E-state index in [-0.39, 0.29) is 18.6 Å². The molecule has 4 heteroatoms. The summed E-state index contributed by atoms with van der Waals surface area (Å²) in [4.78, 5) is 0. The second-order valence-corrected chi connectivity index (χ2v) is 8.43. The third-order valence-electron chi connectivity index (χ3n) is 6.13. The molecule has 0 amide bonds. The third-order valence-corrected chi connectivity index (χ3v) is 6.13. The standard InChI is InChI=1S/C27H40O4/c1-7-19-15-23(16-20(8-2)25(19)30-13-11-28)27(5,6)24-17-21(9-3)26(31-14-12-29)22(10-4)18-24/h15-18,28-29H,7-14H2,1-6H3. The number of aryl methyl sites for hydroxylation is 4. The summed E-state index contributed by atoms with van der Waals surface area (Å²) in [6, 6.07) is 9.05. The van der Waals surface area contributed by atoms with Gasteiger partial charge in [-0.05, 0) is 59.1 Å². The van der Waals surface area contributed by atoms with Crippen LogP contribution >= 0.6 is 0 Å². The van der Waals surface area contributed by atoms with Crippen molar-refractivity contribution in [3.63, 3.8) is 0 Å². The molecule has 172 valence electrons. The molecule has 0 heterocycles. The molecular formula is C27H40O4. The zero-order chi connectivity index (χ0) is 23.0. The van der Waals surface area contributed by atoms with Crippen LogP contribution in [0.1, 0.15) is 74.9 Å². The predicted octanol–water partition coefficient (Wildman–Crippen LogP) is 5.00. The fourth-order valence-electron chi connectivity index (χ4n) is 4.11. The first-order valence-corrected chi connectivity index (χ1v) is 11.7. The topological polar surface area (TPSA) is 58.9 Å². The summed E-state index contributed by atoms with van der Waals surface area (Å²) in [5.41, 5.74) is 7.09. The lowest BCUT2D eigenvalue weighted by molar-refractivity contribution is 0.199. The van der Waals surface area contributed by atoms with E-state index >= 15 is 0 Å². The fourth-order valence-corrected chi connectivity index (χ4v) is 4.11. The van der Waals surface area contributed by atoms with Gasteiger partial charge in [-0.15, -0.1) is 0 Å². The monoisotopic (exact) mass is 428 g/mol. The highest BCUT2D eigenvalue weighted by Crippen LogP contribution is 2.39. The Bertz CT molecular complexity index is 735. The largest absolute Gasteiger partial charge is 0.491 e. The summed E-state index contributed by atoms with van der Waals surface area (Å²) in [6.45, 7) is 13.8. The highest BCUT2D eigenvalue weighted by molar-refractivity contribution is 5.53. The maximum atomic E-state index is 9.21. The molecule has 0 saturated carbocycles. The molecule has 0 bridgehead atoms. The average Bonchev–Trinajstić information content (AvgIpc) is 2.79. The number of ether oxygens (including phenoxy) is 2. The Morgan fingerprint density at radius 2 is 0.903 bits per heavy atom. The van der Waals surface area contributed by atoms with Crippen molar-refractivity contribution in [2.24, 2.45) is 0 Å². The van der Waals surface area contributed by atoms with E-state index in [2.05, 4.69) is 65.8 Å². The minimum Gasteiger partial charge on any atom is -0.491 e. The molecule has 2 rings (SSSR count). The SMILES string of the molecule is CCc1cc(C(C)(C)c2cc(CC)c(OCCO)c(CC)c2)cc(CC)c1OCCO. The van der Waals surface area contributed by atoms with Gasteiger partial charge in [-0.25, -0.2) is 0 Å². The van der Waals surface area contributed by atoms with Gasteiger partial charge < -0.3 is 19.7 Å². The van der Waals surface area contributed by atoms with E-state index in [1.807, 2.05) is 0 Å². The Balaban J connectivity index is 2.60. The van der Waals surface area contributed by atoms with Gasteiger partial charge in [0, 0.05) is 5.41 Å². The molecule has 2 aromatic carbocycles. The van der Waals surface area contributed by atoms with Crippen LogP contribution in [0.15, 0.2) is 24.3 Å². The number of benzene rings is 2. The lowest BCUT2D eigenvalue weighted by Crippen LogP contribution is -2.21. The summed E-state index contributed by atoms with van der Waals surface area (Å²) in [5, 5.41) is 18.4. The predicted molar refractivity (Wildman–Crippen MR) is 128 cm³/mol. The molecule has 4 nitrogen and oxygen atoms in total. The van der Waals surface area contributed by atoms with Gasteiger partial charge in [-0.2, -0.15) is 0 Å². The molecule has 0 fully saturated rings. The first-order chi connectivity index (χ1) is 14.9. The highest BCUT2D eigenvalue weighted by Gasteiger charge is 2.27. The molecule has 31 heavy (non-hydrogen) atoms. The molecule has 0 radical (unpaired) electrons. The van der Waals surface area contributed by atoms with E-state index in [9.17, 15) is 10.2 Å². The van der Waals surface area contributed by atoms with E-state index in [4.69, 9.17) is 9.47 Å². The molecule has 2 N–H and O–H groups in total. The first-order valence-electron chi connectivity index (χ1n) is 11.7. The van der Waals surface area contributed by atoms with Crippen LogP contribution in [-0.4, -0.2) is 36.6 Å². The highest BCUT2D eigenvalue weighted by atomic mass is 16.5. The maximum absolute atomic E-state index is 9.21. The lowest BCUT2D eigenvalue weighted by atomic mass is 9.75. The molecule has 0 aliphatic heterocycles. The summed E-state index contributed by atoms with van der Waals surface area (Å²) in [6.07, 6.45) is 3.52. The van der Waals surface area contributed by atoms with Gasteiger partial charge >= 0.3 is 0 Å². The molecule has 0 aromatic heterocycles. The third kappa shape index (κ3) is 5.61. The Hall–Kier alpha value is -2.04. The fraction of sp³-hybridized carbons (Fsp3) is 0.556. The molecule has 0 unspecified atom stereocenters. The van der Waals surface area contributed by atoms with Crippen LogP contribution in [0.2, 0.25) is 0 Å². The minimum atomic E-state index is -0.188. The molecule has 0 aliphatic rings. The normalized spacial score (nSPS) is 11.6. The van der Waals surface area contributed by atoms with Gasteiger partial charge in [0.1, 0.15) is 24.7 Å². The average molecular weight is 429 g/mol. The van der Waals surface area contributed by atoms with Crippen LogP contribution in [0.4, 0.5) is 0 Å². The van der Waals surface area contributed by atoms with E-state index in [0.717, 1.165) is 37.2 Å². The molecule has 0 atom stereocenters. The van der Waals surface area contributed by atoms with E-state index < -0.39 is 0 Å². The van der Waals surface area contributed by atoms with Gasteiger partial charge in [0.2, 0.25) is 0 Å². The number of aliphatic hydroxyl groups excluding tert-OH is 2. The minimum absolute atomic E-state index is 0.0177. The number of hydrogen-bond acceptors (Lipinski definition) is 4. The van der Waals surface area contributed by atoms with Gasteiger partial charge in [-0.3, -0.25) is 0 Å². The van der Waals surface area contributed by atoms with Crippen LogP contribution in [0.5, 0.6) is 11.5 Å². The zero-order valence-corrected chi connectivity index (χ0v) is 20.2. The molecule has 0 spiro atoms. The number of aliphatic hydroxyl groups is 2. The molecular weight excluding hydrogens is 388 g/mol. The van der Waals surface area contributed by atoms with E-state index in [0.29, 0.717) is 13.2 Å². The summed E-state index contributed by atoms with van der Waals surface area (Å²) in [7, 11) is 0. The van der Waals surface area contributed by atoms with E-state index in [1.54, 1.807) is 0 Å². The van der Waals surface area contributed by atoms with Gasteiger partial charge in [0.05, 0.1) is 13.2 Å². The Morgan fingerprint density at radius 1 is 0.613 bits per heavy atom. The van der Waals surface area contributed by atoms with Crippen molar-refractivity contribution in [3.8, 4) is 11.5 Å². The van der Waals surface area contributed by atoms with Crippen molar-refractivity contribution in [1.29, 1.82) is 0 Å². The van der Waals surface area contributed by atoms with Crippen molar-refractivity contribution in [2.75, 3.05) is 26.4 Å². The molecule has 0 saturated heterocycles. The summed E-state index contributed by atoms with van der Waals surface area (Å²) in [5.74, 6) is 1.85. The van der Waals surface area contributed by atoms with Crippen LogP contribution in [0, 0.1) is 0 Å². The van der Waals surface area contributed by atoms with Crippen molar-refractivity contribution in [1.82, 2.24) is 0 Å². The maximum Gasteiger partial charge on any atom is 0.125 e. The summed E-state index contributed by atoms with van der Waals surface area (Å²) < 4.78 is 11.8. The first kappa shape index (κ1) is 25.2. The number of hydrogen-bond donors (Lipinski definition) is 2. The van der Waals surface area contributed by atoms with Crippen LogP contribution in [-0.2, 0) is 31.1 Å². The van der Waals surface area contributed by atoms with E-state index in [1.165, 1.54) is 33.4 Å². The Morgan fingerprint density at radius 3 is 1.13 bits per heavy atom. The van der Waals surface area contributed by atoms with Crippen LogP contribution in [0.25, 0.3) is 0 Å². The Kier molecular flexibility index (Phi) is 9.39. The van der Waals surface area contributed by atoms with Crippen molar-refractivity contribution >= 4 is 0 Å². The molecule has 2 aromatic rings. The van der Waals surface area contributed by atoms with Crippen LogP contribution < -0.4 is 9.47 Å². The summed E-state index contributed by atoms with van der Waals surface area (Å²) >= 11 is 0. The van der Waals surface area contributed by atoms with Gasteiger partial charge in [-0.1, -0.05) is 65.8 Å². The molecule has 0 aliphatic carbocycles. The smallest absolute Gasteiger partial charge is 0.125 e. The Labute approximate surface area is 188 Å². The van der Waals surface area contributed by atoms with Crippen molar-refractivity contribution in [2.45, 2.75) is 72.6 Å². The van der Waals surface area contributed by atoms with Crippen LogP contribution in [0.3, 0.4) is 0 Å². The van der Waals surface area contributed by atoms with Gasteiger partial charge in [0.15, 0.2) is 0 Å². The van der Waals surface area contributed by atoms with Crippen molar-refractivity contribution < 1.29 is 19.7 Å². The second-order valence-electron chi connectivity index (χ2n) is 8.43. The lowest BCUT2D eigenvalue weighted by Gasteiger charge is -2.30. The van der Waals surface area contributed by atoms with Crippen molar-refractivity contribution in [3.05, 3.63) is 57.6 Å².